The second kappa shape index (κ2) is 8.35. The Hall–Kier alpha value is -1.96. The Morgan fingerprint density at radius 2 is 1.05 bits per heavy atom. The highest BCUT2D eigenvalue weighted by molar-refractivity contribution is 5.86. The Bertz CT molecular complexity index is 414. The zero-order valence-corrected chi connectivity index (χ0v) is 12.6. The fraction of sp³-hybridized carbons (Fsp3) is 0.692. The maximum absolute atomic E-state index is 11.6. The first kappa shape index (κ1) is 19.0. The maximum Gasteiger partial charge on any atom is 0.347 e. The van der Waals surface area contributed by atoms with Crippen LogP contribution in [0.15, 0.2) is 0 Å². The standard InChI is InChI=1S/C13H20O8/c1-6(14)8(3)19-12(17)10(5)21-13(18)9(4)20-11(16)7(2)15/h7-10,15H,1-5H3/t7-,8+,9+,10-/m1/s1. The summed E-state index contributed by atoms with van der Waals surface area (Å²) in [5, 5.41) is 8.94. The molecule has 0 heterocycles. The monoisotopic (exact) mass is 304 g/mol. The number of carbonyl (C=O) groups is 4. The van der Waals surface area contributed by atoms with E-state index in [0.717, 1.165) is 0 Å². The van der Waals surface area contributed by atoms with Crippen molar-refractivity contribution in [3.8, 4) is 0 Å². The van der Waals surface area contributed by atoms with E-state index in [1.165, 1.54) is 34.6 Å². The Labute approximate surface area is 122 Å². The van der Waals surface area contributed by atoms with Crippen LogP contribution in [0.1, 0.15) is 34.6 Å². The molecule has 0 aromatic rings. The van der Waals surface area contributed by atoms with Gasteiger partial charge >= 0.3 is 17.9 Å². The van der Waals surface area contributed by atoms with E-state index in [0.29, 0.717) is 0 Å². The molecule has 0 aliphatic rings. The number of hydrogen-bond donors (Lipinski definition) is 1. The van der Waals surface area contributed by atoms with Gasteiger partial charge in [0.05, 0.1) is 0 Å². The number of hydrogen-bond acceptors (Lipinski definition) is 8. The van der Waals surface area contributed by atoms with Gasteiger partial charge in [0.15, 0.2) is 24.1 Å². The minimum Gasteiger partial charge on any atom is -0.452 e. The zero-order chi connectivity index (χ0) is 16.7. The van der Waals surface area contributed by atoms with Crippen LogP contribution in [-0.4, -0.2) is 53.2 Å². The number of ketones is 1. The molecule has 0 spiro atoms. The number of carbonyl (C=O) groups excluding carboxylic acids is 4. The van der Waals surface area contributed by atoms with Gasteiger partial charge in [-0.05, 0) is 34.6 Å². The summed E-state index contributed by atoms with van der Waals surface area (Å²) < 4.78 is 14.1. The molecular weight excluding hydrogens is 284 g/mol. The molecule has 21 heavy (non-hydrogen) atoms. The molecule has 0 aliphatic carbocycles. The van der Waals surface area contributed by atoms with Crippen molar-refractivity contribution in [1.82, 2.24) is 0 Å². The quantitative estimate of drug-likeness (QED) is 0.505. The number of aliphatic hydroxyl groups excluding tert-OH is 1. The molecule has 0 amide bonds. The first-order chi connectivity index (χ1) is 9.56. The van der Waals surface area contributed by atoms with Crippen LogP contribution >= 0.6 is 0 Å². The molecule has 0 fully saturated rings. The summed E-state index contributed by atoms with van der Waals surface area (Å²) in [4.78, 5) is 45.2. The second-order valence-corrected chi connectivity index (χ2v) is 4.52. The molecule has 0 aromatic heterocycles. The third-order valence-electron chi connectivity index (χ3n) is 2.46. The van der Waals surface area contributed by atoms with E-state index in [1.54, 1.807) is 0 Å². The van der Waals surface area contributed by atoms with Crippen LogP contribution in [0.3, 0.4) is 0 Å². The van der Waals surface area contributed by atoms with E-state index in [9.17, 15) is 19.2 Å². The van der Waals surface area contributed by atoms with Gasteiger partial charge in [-0.15, -0.1) is 0 Å². The molecule has 0 saturated carbocycles. The van der Waals surface area contributed by atoms with Crippen LogP contribution in [0, 0.1) is 0 Å². The van der Waals surface area contributed by atoms with Crippen molar-refractivity contribution in [3.63, 3.8) is 0 Å². The van der Waals surface area contributed by atoms with Gasteiger partial charge in [0.2, 0.25) is 0 Å². The fourth-order valence-electron chi connectivity index (χ4n) is 0.992. The summed E-state index contributed by atoms with van der Waals surface area (Å²) in [6.45, 7) is 6.33. The minimum absolute atomic E-state index is 0.346. The van der Waals surface area contributed by atoms with Crippen LogP contribution in [0.4, 0.5) is 0 Å². The molecule has 8 heteroatoms. The third-order valence-corrected chi connectivity index (χ3v) is 2.46. The van der Waals surface area contributed by atoms with Crippen LogP contribution in [0.5, 0.6) is 0 Å². The van der Waals surface area contributed by atoms with Crippen molar-refractivity contribution in [2.45, 2.75) is 59.0 Å². The van der Waals surface area contributed by atoms with E-state index < -0.39 is 42.3 Å². The molecule has 1 N–H and O–H groups in total. The molecule has 0 aromatic carbocycles. The first-order valence-electron chi connectivity index (χ1n) is 6.36. The lowest BCUT2D eigenvalue weighted by molar-refractivity contribution is -0.181. The molecule has 0 bridgehead atoms. The molecule has 0 unspecified atom stereocenters. The number of ether oxygens (including phenoxy) is 3. The van der Waals surface area contributed by atoms with Crippen LogP contribution in [-0.2, 0) is 33.4 Å². The normalized spacial score (nSPS) is 16.1. The summed E-state index contributed by atoms with van der Waals surface area (Å²) in [5.41, 5.74) is 0. The average molecular weight is 304 g/mol. The highest BCUT2D eigenvalue weighted by atomic mass is 16.6. The Kier molecular flexibility index (Phi) is 7.57. The largest absolute Gasteiger partial charge is 0.452 e. The number of Topliss-reactive ketones (excluding diaryl/α,β-unsaturated/α-hetero) is 1. The predicted octanol–water partition coefficient (Wildman–Crippen LogP) is -0.249. The van der Waals surface area contributed by atoms with Crippen LogP contribution in [0.2, 0.25) is 0 Å². The second-order valence-electron chi connectivity index (χ2n) is 4.52. The molecule has 8 nitrogen and oxygen atoms in total. The third kappa shape index (κ3) is 6.84. The van der Waals surface area contributed by atoms with Crippen LogP contribution < -0.4 is 0 Å². The molecule has 120 valence electrons. The molecular formula is C13H20O8. The molecule has 0 radical (unpaired) electrons. The van der Waals surface area contributed by atoms with Gasteiger partial charge in [0.25, 0.3) is 0 Å². The molecule has 4 atom stereocenters. The van der Waals surface area contributed by atoms with E-state index in [2.05, 4.69) is 4.74 Å². The summed E-state index contributed by atoms with van der Waals surface area (Å²) >= 11 is 0. The lowest BCUT2D eigenvalue weighted by atomic mass is 10.3. The van der Waals surface area contributed by atoms with Crippen molar-refractivity contribution >= 4 is 23.7 Å². The van der Waals surface area contributed by atoms with Crippen molar-refractivity contribution < 1.29 is 38.5 Å². The van der Waals surface area contributed by atoms with Gasteiger partial charge in [0, 0.05) is 0 Å². The van der Waals surface area contributed by atoms with Gasteiger partial charge < -0.3 is 19.3 Å². The topological polar surface area (TPSA) is 116 Å². The van der Waals surface area contributed by atoms with Crippen molar-refractivity contribution in [3.05, 3.63) is 0 Å². The fourth-order valence-corrected chi connectivity index (χ4v) is 0.992. The summed E-state index contributed by atoms with van der Waals surface area (Å²) in [5.74, 6) is -3.19. The van der Waals surface area contributed by atoms with E-state index in [-0.39, 0.29) is 5.78 Å². The highest BCUT2D eigenvalue weighted by Gasteiger charge is 2.27. The average Bonchev–Trinajstić information content (AvgIpc) is 2.37. The molecule has 0 rings (SSSR count). The van der Waals surface area contributed by atoms with E-state index >= 15 is 0 Å². The van der Waals surface area contributed by atoms with Crippen molar-refractivity contribution in [2.24, 2.45) is 0 Å². The van der Waals surface area contributed by atoms with E-state index in [1.807, 2.05) is 0 Å². The summed E-state index contributed by atoms with van der Waals surface area (Å²) in [6.07, 6.45) is -4.86. The van der Waals surface area contributed by atoms with Gasteiger partial charge in [0.1, 0.15) is 6.10 Å². The van der Waals surface area contributed by atoms with Gasteiger partial charge in [-0.1, -0.05) is 0 Å². The van der Waals surface area contributed by atoms with Crippen LogP contribution in [0.25, 0.3) is 0 Å². The number of esters is 3. The number of rotatable bonds is 7. The number of aliphatic hydroxyl groups is 1. The first-order valence-corrected chi connectivity index (χ1v) is 6.36. The Balaban J connectivity index is 4.40. The van der Waals surface area contributed by atoms with E-state index in [4.69, 9.17) is 14.6 Å². The van der Waals surface area contributed by atoms with Crippen molar-refractivity contribution in [1.29, 1.82) is 0 Å². The SMILES string of the molecule is CC(=O)[C@H](C)OC(=O)[C@@H](C)OC(=O)[C@H](C)OC(=O)[C@@H](C)O. The van der Waals surface area contributed by atoms with Crippen molar-refractivity contribution in [2.75, 3.05) is 0 Å². The maximum atomic E-state index is 11.6. The molecule has 0 saturated heterocycles. The molecule has 0 aliphatic heterocycles. The lowest BCUT2D eigenvalue weighted by Crippen LogP contribution is -2.36. The van der Waals surface area contributed by atoms with Gasteiger partial charge in [-0.25, -0.2) is 14.4 Å². The van der Waals surface area contributed by atoms with Gasteiger partial charge in [-0.2, -0.15) is 0 Å². The Morgan fingerprint density at radius 3 is 1.38 bits per heavy atom. The summed E-state index contributed by atoms with van der Waals surface area (Å²) in [6, 6.07) is 0. The smallest absolute Gasteiger partial charge is 0.347 e. The Morgan fingerprint density at radius 1 is 0.714 bits per heavy atom. The highest BCUT2D eigenvalue weighted by Crippen LogP contribution is 2.04. The van der Waals surface area contributed by atoms with Gasteiger partial charge in [-0.3, -0.25) is 4.79 Å². The zero-order valence-electron chi connectivity index (χ0n) is 12.6. The lowest BCUT2D eigenvalue weighted by Gasteiger charge is -2.18. The predicted molar refractivity (Wildman–Crippen MR) is 69.0 cm³/mol. The minimum atomic E-state index is -1.38. The summed E-state index contributed by atoms with van der Waals surface area (Å²) in [7, 11) is 0.